The number of carbonyl (C=O) groups excluding carboxylic acids is 2. The predicted octanol–water partition coefficient (Wildman–Crippen LogP) is 2.76. The molecule has 0 radical (unpaired) electrons. The summed E-state index contributed by atoms with van der Waals surface area (Å²) in [5, 5.41) is 2.92. The molecule has 2 rings (SSSR count). The molecule has 2 amide bonds. The number of amides is 2. The number of methoxy groups -OCH3 is 1. The highest BCUT2D eigenvalue weighted by molar-refractivity contribution is 5.92. The summed E-state index contributed by atoms with van der Waals surface area (Å²) in [5.41, 5.74) is 1.78. The normalized spacial score (nSPS) is 15.1. The molecule has 0 aliphatic carbocycles. The zero-order valence-electron chi connectivity index (χ0n) is 13.8. The number of hydrogen-bond acceptors (Lipinski definition) is 3. The van der Waals surface area contributed by atoms with E-state index in [-0.39, 0.29) is 11.8 Å². The molecule has 5 heteroatoms. The van der Waals surface area contributed by atoms with Crippen LogP contribution in [0.15, 0.2) is 30.9 Å². The number of rotatable bonds is 5. The first-order valence-corrected chi connectivity index (χ1v) is 7.89. The average molecular weight is 316 g/mol. The SMILES string of the molecule is C=CC(=O)N1CCC(CC(=O)Nc2ccc(C)cc2OC)CC1. The summed E-state index contributed by atoms with van der Waals surface area (Å²) in [6.45, 7) is 6.87. The van der Waals surface area contributed by atoms with Crippen molar-refractivity contribution >= 4 is 17.5 Å². The number of likely N-dealkylation sites (tertiary alicyclic amines) is 1. The van der Waals surface area contributed by atoms with E-state index in [0.29, 0.717) is 36.9 Å². The molecular weight excluding hydrogens is 292 g/mol. The van der Waals surface area contributed by atoms with Crippen molar-refractivity contribution in [2.75, 3.05) is 25.5 Å². The predicted molar refractivity (Wildman–Crippen MR) is 90.5 cm³/mol. The molecule has 0 saturated carbocycles. The van der Waals surface area contributed by atoms with Crippen molar-refractivity contribution in [1.29, 1.82) is 0 Å². The highest BCUT2D eigenvalue weighted by Crippen LogP contribution is 2.27. The van der Waals surface area contributed by atoms with Gasteiger partial charge >= 0.3 is 0 Å². The number of aryl methyl sites for hydroxylation is 1. The number of ether oxygens (including phenoxy) is 1. The van der Waals surface area contributed by atoms with Crippen LogP contribution in [0, 0.1) is 12.8 Å². The van der Waals surface area contributed by atoms with Crippen LogP contribution in [0.1, 0.15) is 24.8 Å². The molecule has 0 bridgehead atoms. The minimum atomic E-state index is -0.0303. The van der Waals surface area contributed by atoms with E-state index in [1.54, 1.807) is 12.0 Å². The van der Waals surface area contributed by atoms with Crippen LogP contribution in [0.5, 0.6) is 5.75 Å². The minimum absolute atomic E-state index is 0.0133. The van der Waals surface area contributed by atoms with E-state index in [1.165, 1.54) is 6.08 Å². The molecule has 1 aliphatic rings. The number of nitrogens with one attached hydrogen (secondary N) is 1. The number of anilines is 1. The molecule has 0 atom stereocenters. The van der Waals surface area contributed by atoms with Crippen LogP contribution >= 0.6 is 0 Å². The first-order chi connectivity index (χ1) is 11.0. The van der Waals surface area contributed by atoms with Crippen LogP contribution in [0.2, 0.25) is 0 Å². The number of hydrogen-bond donors (Lipinski definition) is 1. The van der Waals surface area contributed by atoms with Gasteiger partial charge in [-0.3, -0.25) is 9.59 Å². The summed E-state index contributed by atoms with van der Waals surface area (Å²) in [4.78, 5) is 25.6. The van der Waals surface area contributed by atoms with Gasteiger partial charge in [-0.25, -0.2) is 0 Å². The second-order valence-electron chi connectivity index (χ2n) is 5.93. The quantitative estimate of drug-likeness (QED) is 0.850. The molecule has 1 aromatic rings. The summed E-state index contributed by atoms with van der Waals surface area (Å²) in [5.74, 6) is 0.933. The van der Waals surface area contributed by atoms with E-state index in [4.69, 9.17) is 4.74 Å². The maximum atomic E-state index is 12.2. The second kappa shape index (κ2) is 7.81. The molecule has 1 saturated heterocycles. The van der Waals surface area contributed by atoms with E-state index in [2.05, 4.69) is 11.9 Å². The molecule has 1 aromatic carbocycles. The summed E-state index contributed by atoms with van der Waals surface area (Å²) in [6, 6.07) is 5.70. The molecule has 5 nitrogen and oxygen atoms in total. The summed E-state index contributed by atoms with van der Waals surface area (Å²) in [6.07, 6.45) is 3.50. The molecule has 0 unspecified atom stereocenters. The van der Waals surface area contributed by atoms with Crippen LogP contribution in [-0.4, -0.2) is 36.9 Å². The highest BCUT2D eigenvalue weighted by atomic mass is 16.5. The van der Waals surface area contributed by atoms with E-state index >= 15 is 0 Å². The van der Waals surface area contributed by atoms with Crippen LogP contribution < -0.4 is 10.1 Å². The molecule has 1 heterocycles. The van der Waals surface area contributed by atoms with Crippen LogP contribution in [-0.2, 0) is 9.59 Å². The van der Waals surface area contributed by atoms with Gasteiger partial charge in [0.2, 0.25) is 11.8 Å². The lowest BCUT2D eigenvalue weighted by Crippen LogP contribution is -2.38. The fourth-order valence-electron chi connectivity index (χ4n) is 2.85. The Balaban J connectivity index is 1.86. The monoisotopic (exact) mass is 316 g/mol. The van der Waals surface area contributed by atoms with Crippen molar-refractivity contribution in [3.63, 3.8) is 0 Å². The molecule has 1 N–H and O–H groups in total. The average Bonchev–Trinajstić information content (AvgIpc) is 2.56. The van der Waals surface area contributed by atoms with Gasteiger partial charge < -0.3 is 15.0 Å². The van der Waals surface area contributed by atoms with Crippen LogP contribution in [0.4, 0.5) is 5.69 Å². The second-order valence-corrected chi connectivity index (χ2v) is 5.93. The Bertz CT molecular complexity index is 590. The Hall–Kier alpha value is -2.30. The maximum Gasteiger partial charge on any atom is 0.245 e. The van der Waals surface area contributed by atoms with Gasteiger partial charge in [0.1, 0.15) is 5.75 Å². The third-order valence-electron chi connectivity index (χ3n) is 4.21. The standard InChI is InChI=1S/C18H24N2O3/c1-4-18(22)20-9-7-14(8-10-20)12-17(21)19-15-6-5-13(2)11-16(15)23-3/h4-6,11,14H,1,7-10,12H2,2-3H3,(H,19,21). The van der Waals surface area contributed by atoms with Crippen molar-refractivity contribution in [1.82, 2.24) is 4.90 Å². The van der Waals surface area contributed by atoms with Crippen molar-refractivity contribution in [2.45, 2.75) is 26.2 Å². The summed E-state index contributed by atoms with van der Waals surface area (Å²) < 4.78 is 5.30. The third kappa shape index (κ3) is 4.58. The van der Waals surface area contributed by atoms with Gasteiger partial charge in [-0.05, 0) is 49.5 Å². The fraction of sp³-hybridized carbons (Fsp3) is 0.444. The van der Waals surface area contributed by atoms with Gasteiger partial charge in [-0.2, -0.15) is 0 Å². The largest absolute Gasteiger partial charge is 0.495 e. The fourth-order valence-corrected chi connectivity index (χ4v) is 2.85. The summed E-state index contributed by atoms with van der Waals surface area (Å²) >= 11 is 0. The molecule has 0 spiro atoms. The molecule has 1 aliphatic heterocycles. The van der Waals surface area contributed by atoms with Crippen LogP contribution in [0.3, 0.4) is 0 Å². The first kappa shape index (κ1) is 17.1. The molecule has 1 fully saturated rings. The topological polar surface area (TPSA) is 58.6 Å². The van der Waals surface area contributed by atoms with Crippen molar-refractivity contribution in [2.24, 2.45) is 5.92 Å². The first-order valence-electron chi connectivity index (χ1n) is 7.89. The number of carbonyl (C=O) groups is 2. The van der Waals surface area contributed by atoms with E-state index < -0.39 is 0 Å². The number of nitrogens with zero attached hydrogens (tertiary/aromatic N) is 1. The van der Waals surface area contributed by atoms with E-state index in [9.17, 15) is 9.59 Å². The van der Waals surface area contributed by atoms with E-state index in [1.807, 2.05) is 25.1 Å². The Labute approximate surface area is 137 Å². The zero-order valence-corrected chi connectivity index (χ0v) is 13.8. The Morgan fingerprint density at radius 3 is 2.70 bits per heavy atom. The smallest absolute Gasteiger partial charge is 0.245 e. The third-order valence-corrected chi connectivity index (χ3v) is 4.21. The Morgan fingerprint density at radius 2 is 2.09 bits per heavy atom. The number of piperidine rings is 1. The van der Waals surface area contributed by atoms with Gasteiger partial charge in [0.15, 0.2) is 0 Å². The van der Waals surface area contributed by atoms with Gasteiger partial charge in [0, 0.05) is 19.5 Å². The van der Waals surface area contributed by atoms with Crippen LogP contribution in [0.25, 0.3) is 0 Å². The lowest BCUT2D eigenvalue weighted by Gasteiger charge is -2.31. The van der Waals surface area contributed by atoms with Gasteiger partial charge in [-0.1, -0.05) is 12.6 Å². The Kier molecular flexibility index (Phi) is 5.79. The van der Waals surface area contributed by atoms with Crippen molar-refractivity contribution < 1.29 is 14.3 Å². The van der Waals surface area contributed by atoms with Crippen molar-refractivity contribution in [3.05, 3.63) is 36.4 Å². The molecule has 124 valence electrons. The molecular formula is C18H24N2O3. The van der Waals surface area contributed by atoms with Gasteiger partial charge in [0.25, 0.3) is 0 Å². The maximum absolute atomic E-state index is 12.2. The van der Waals surface area contributed by atoms with Gasteiger partial charge in [0.05, 0.1) is 12.8 Å². The van der Waals surface area contributed by atoms with E-state index in [0.717, 1.165) is 18.4 Å². The minimum Gasteiger partial charge on any atom is -0.495 e. The summed E-state index contributed by atoms with van der Waals surface area (Å²) in [7, 11) is 1.59. The lowest BCUT2D eigenvalue weighted by atomic mass is 9.93. The molecule has 0 aromatic heterocycles. The van der Waals surface area contributed by atoms with Gasteiger partial charge in [-0.15, -0.1) is 0 Å². The lowest BCUT2D eigenvalue weighted by molar-refractivity contribution is -0.127. The van der Waals surface area contributed by atoms with Crippen molar-refractivity contribution in [3.8, 4) is 5.75 Å². The Morgan fingerprint density at radius 1 is 1.39 bits per heavy atom. The number of benzene rings is 1. The zero-order chi connectivity index (χ0) is 16.8. The highest BCUT2D eigenvalue weighted by Gasteiger charge is 2.23. The molecule has 23 heavy (non-hydrogen) atoms.